The Morgan fingerprint density at radius 1 is 1.43 bits per heavy atom. The van der Waals surface area contributed by atoms with Gasteiger partial charge in [-0.25, -0.2) is 0 Å². The molecule has 1 saturated heterocycles. The molecule has 116 valence electrons. The fraction of sp³-hybridized carbons (Fsp3) is 0.765. The number of thiophene rings is 1. The minimum atomic E-state index is 0.255. The van der Waals surface area contributed by atoms with Crippen molar-refractivity contribution in [2.24, 2.45) is 5.92 Å². The van der Waals surface area contributed by atoms with Crippen LogP contribution in [0.2, 0.25) is 0 Å². The standard InChI is InChI=1S/C17H25NOS2/c1-18-16(12-3-7-19-17(10-12)5-2-6-17)15-9-13-11-20-8-4-14(13)21-15/h9,12,16,18H,2-8,10-11H2,1H3. The third kappa shape index (κ3) is 2.69. The maximum atomic E-state index is 6.12. The molecule has 3 heterocycles. The zero-order valence-corrected chi connectivity index (χ0v) is 14.5. The van der Waals surface area contributed by atoms with Crippen LogP contribution in [0.4, 0.5) is 0 Å². The summed E-state index contributed by atoms with van der Waals surface area (Å²) in [6.45, 7) is 0.962. The second-order valence-corrected chi connectivity index (χ2v) is 9.08. The Hall–Kier alpha value is -0.0300. The minimum Gasteiger partial charge on any atom is -0.375 e. The van der Waals surface area contributed by atoms with Crippen molar-refractivity contribution in [1.82, 2.24) is 5.32 Å². The van der Waals surface area contributed by atoms with Crippen LogP contribution >= 0.6 is 23.1 Å². The van der Waals surface area contributed by atoms with Crippen molar-refractivity contribution < 1.29 is 4.74 Å². The molecule has 2 aliphatic heterocycles. The van der Waals surface area contributed by atoms with Crippen LogP contribution in [-0.2, 0) is 16.9 Å². The highest BCUT2D eigenvalue weighted by atomic mass is 32.2. The fourth-order valence-corrected chi connectivity index (χ4v) is 6.78. The number of hydrogen-bond acceptors (Lipinski definition) is 4. The molecule has 0 bridgehead atoms. The lowest BCUT2D eigenvalue weighted by atomic mass is 9.70. The van der Waals surface area contributed by atoms with E-state index in [2.05, 4.69) is 41.5 Å². The molecular weight excluding hydrogens is 298 g/mol. The lowest BCUT2D eigenvalue weighted by Gasteiger charge is -2.48. The van der Waals surface area contributed by atoms with Gasteiger partial charge < -0.3 is 10.1 Å². The number of rotatable bonds is 3. The lowest BCUT2D eigenvalue weighted by molar-refractivity contribution is -0.147. The van der Waals surface area contributed by atoms with Gasteiger partial charge in [-0.2, -0.15) is 11.8 Å². The van der Waals surface area contributed by atoms with Gasteiger partial charge in [0.2, 0.25) is 0 Å². The van der Waals surface area contributed by atoms with Gasteiger partial charge in [0.05, 0.1) is 5.60 Å². The van der Waals surface area contributed by atoms with Gasteiger partial charge in [0, 0.05) is 28.2 Å². The average Bonchev–Trinajstić information content (AvgIpc) is 2.90. The summed E-state index contributed by atoms with van der Waals surface area (Å²) in [4.78, 5) is 3.22. The minimum absolute atomic E-state index is 0.255. The lowest BCUT2D eigenvalue weighted by Crippen LogP contribution is -2.47. The van der Waals surface area contributed by atoms with E-state index < -0.39 is 0 Å². The molecule has 2 fully saturated rings. The number of nitrogens with one attached hydrogen (secondary N) is 1. The van der Waals surface area contributed by atoms with E-state index in [1.54, 1.807) is 15.3 Å². The number of hydrogen-bond donors (Lipinski definition) is 1. The van der Waals surface area contributed by atoms with E-state index in [0.29, 0.717) is 6.04 Å². The van der Waals surface area contributed by atoms with E-state index in [1.807, 2.05) is 0 Å². The predicted octanol–water partition coefficient (Wildman–Crippen LogP) is 4.15. The Labute approximate surface area is 136 Å². The van der Waals surface area contributed by atoms with E-state index in [4.69, 9.17) is 4.74 Å². The molecule has 1 aromatic heterocycles. The van der Waals surface area contributed by atoms with Crippen LogP contribution in [0.3, 0.4) is 0 Å². The summed E-state index contributed by atoms with van der Waals surface area (Å²) in [6, 6.07) is 3.03. The van der Waals surface area contributed by atoms with Gasteiger partial charge in [-0.15, -0.1) is 11.3 Å². The summed E-state index contributed by atoms with van der Waals surface area (Å²) >= 11 is 4.16. The molecule has 2 atom stereocenters. The summed E-state index contributed by atoms with van der Waals surface area (Å²) in [5.41, 5.74) is 1.86. The third-order valence-electron chi connectivity index (χ3n) is 5.53. The molecule has 4 rings (SSSR count). The van der Waals surface area contributed by atoms with E-state index in [-0.39, 0.29) is 5.60 Å². The maximum Gasteiger partial charge on any atom is 0.0686 e. The fourth-order valence-electron chi connectivity index (χ4n) is 4.20. The summed E-state index contributed by atoms with van der Waals surface area (Å²) in [6.07, 6.45) is 7.69. The smallest absolute Gasteiger partial charge is 0.0686 e. The third-order valence-corrected chi connectivity index (χ3v) is 7.86. The van der Waals surface area contributed by atoms with Gasteiger partial charge in [-0.3, -0.25) is 0 Å². The Balaban J connectivity index is 1.54. The van der Waals surface area contributed by atoms with E-state index in [1.165, 1.54) is 50.0 Å². The normalized spacial score (nSPS) is 28.9. The molecule has 2 nitrogen and oxygen atoms in total. The van der Waals surface area contributed by atoms with Crippen LogP contribution in [0.5, 0.6) is 0 Å². The highest BCUT2D eigenvalue weighted by Crippen LogP contribution is 2.48. The first-order chi connectivity index (χ1) is 10.3. The quantitative estimate of drug-likeness (QED) is 0.903. The SMILES string of the molecule is CNC(c1cc2c(s1)CCSC2)C1CCOC2(CCC2)C1. The van der Waals surface area contributed by atoms with E-state index >= 15 is 0 Å². The van der Waals surface area contributed by atoms with Gasteiger partial charge in [0.25, 0.3) is 0 Å². The van der Waals surface area contributed by atoms with Gasteiger partial charge >= 0.3 is 0 Å². The van der Waals surface area contributed by atoms with Crippen LogP contribution in [0, 0.1) is 5.92 Å². The van der Waals surface area contributed by atoms with Crippen molar-refractivity contribution in [3.05, 3.63) is 21.4 Å². The van der Waals surface area contributed by atoms with Gasteiger partial charge in [0.1, 0.15) is 0 Å². The van der Waals surface area contributed by atoms with Gasteiger partial charge in [-0.1, -0.05) is 0 Å². The summed E-state index contributed by atoms with van der Waals surface area (Å²) in [5.74, 6) is 3.27. The topological polar surface area (TPSA) is 21.3 Å². The van der Waals surface area contributed by atoms with Crippen LogP contribution in [-0.4, -0.2) is 25.0 Å². The molecule has 1 spiro atoms. The van der Waals surface area contributed by atoms with Crippen LogP contribution in [0.15, 0.2) is 6.07 Å². The summed E-state index contributed by atoms with van der Waals surface area (Å²) in [7, 11) is 2.14. The molecule has 1 N–H and O–H groups in total. The second-order valence-electron chi connectivity index (χ2n) is 6.80. The predicted molar refractivity (Wildman–Crippen MR) is 91.2 cm³/mol. The van der Waals surface area contributed by atoms with Gasteiger partial charge in [0.15, 0.2) is 0 Å². The molecule has 1 saturated carbocycles. The zero-order chi connectivity index (χ0) is 14.3. The van der Waals surface area contributed by atoms with Crippen molar-refractivity contribution in [2.75, 3.05) is 19.4 Å². The Morgan fingerprint density at radius 2 is 2.33 bits per heavy atom. The van der Waals surface area contributed by atoms with Crippen molar-refractivity contribution in [1.29, 1.82) is 0 Å². The molecule has 2 unspecified atom stereocenters. The molecule has 0 amide bonds. The van der Waals surface area contributed by atoms with Crippen molar-refractivity contribution in [3.8, 4) is 0 Å². The van der Waals surface area contributed by atoms with Crippen LogP contribution < -0.4 is 5.32 Å². The molecule has 3 aliphatic rings. The van der Waals surface area contributed by atoms with Crippen molar-refractivity contribution in [3.63, 3.8) is 0 Å². The Kier molecular flexibility index (Phi) is 4.07. The Bertz CT molecular complexity index is 485. The molecule has 4 heteroatoms. The van der Waals surface area contributed by atoms with Crippen molar-refractivity contribution in [2.45, 2.75) is 55.9 Å². The largest absolute Gasteiger partial charge is 0.375 e. The first-order valence-electron chi connectivity index (χ1n) is 8.30. The first kappa shape index (κ1) is 14.6. The number of aryl methyl sites for hydroxylation is 1. The molecule has 1 aliphatic carbocycles. The van der Waals surface area contributed by atoms with Crippen molar-refractivity contribution >= 4 is 23.1 Å². The highest BCUT2D eigenvalue weighted by Gasteiger charge is 2.44. The van der Waals surface area contributed by atoms with E-state index in [0.717, 1.165) is 12.5 Å². The zero-order valence-electron chi connectivity index (χ0n) is 12.8. The monoisotopic (exact) mass is 323 g/mol. The average molecular weight is 324 g/mol. The van der Waals surface area contributed by atoms with Crippen LogP contribution in [0.25, 0.3) is 0 Å². The van der Waals surface area contributed by atoms with Crippen LogP contribution in [0.1, 0.15) is 53.5 Å². The number of ether oxygens (including phenoxy) is 1. The van der Waals surface area contributed by atoms with Gasteiger partial charge in [-0.05, 0) is 68.9 Å². The molecule has 1 aromatic rings. The number of fused-ring (bicyclic) bond motifs is 1. The molecule has 0 radical (unpaired) electrons. The highest BCUT2D eigenvalue weighted by molar-refractivity contribution is 7.98. The van der Waals surface area contributed by atoms with E-state index in [9.17, 15) is 0 Å². The molecule has 0 aromatic carbocycles. The first-order valence-corrected chi connectivity index (χ1v) is 10.3. The summed E-state index contributed by atoms with van der Waals surface area (Å²) in [5, 5.41) is 3.63. The Morgan fingerprint density at radius 3 is 3.05 bits per heavy atom. The number of thioether (sulfide) groups is 1. The molecule has 21 heavy (non-hydrogen) atoms. The maximum absolute atomic E-state index is 6.12. The second kappa shape index (κ2) is 5.88. The summed E-state index contributed by atoms with van der Waals surface area (Å²) < 4.78 is 6.12. The molecular formula is C17H25NOS2.